The summed E-state index contributed by atoms with van der Waals surface area (Å²) in [6.07, 6.45) is -4.79. The van der Waals surface area contributed by atoms with Crippen LogP contribution in [0.3, 0.4) is 0 Å². The molecule has 2 aromatic carbocycles. The van der Waals surface area contributed by atoms with Gasteiger partial charge in [-0.2, -0.15) is 17.5 Å². The van der Waals surface area contributed by atoms with Gasteiger partial charge in [-0.25, -0.2) is 8.42 Å². The number of ether oxygens (including phenoxy) is 1. The molecule has 1 aliphatic rings. The van der Waals surface area contributed by atoms with Crippen molar-refractivity contribution in [2.24, 2.45) is 0 Å². The molecule has 2 aromatic rings. The van der Waals surface area contributed by atoms with Crippen molar-refractivity contribution in [1.82, 2.24) is 9.21 Å². The monoisotopic (exact) mass is 462 g/mol. The summed E-state index contributed by atoms with van der Waals surface area (Å²) in [6.45, 7) is -0.442. The minimum Gasteiger partial charge on any atom is -0.482 e. The van der Waals surface area contributed by atoms with Gasteiger partial charge in [0.05, 0.1) is 15.5 Å². The Morgan fingerprint density at radius 3 is 2.23 bits per heavy atom. The Kier molecular flexibility index (Phi) is 6.59. The van der Waals surface area contributed by atoms with E-state index >= 15 is 0 Å². The summed E-state index contributed by atoms with van der Waals surface area (Å²) in [7, 11) is -4.36. The van der Waals surface area contributed by atoms with Crippen molar-refractivity contribution >= 4 is 27.5 Å². The summed E-state index contributed by atoms with van der Waals surface area (Å²) in [4.78, 5) is 12.9. The molecular weight excluding hydrogens is 445 g/mol. The normalized spacial score (nSPS) is 15.8. The Hall–Kier alpha value is -2.30. The molecule has 1 saturated heterocycles. The summed E-state index contributed by atoms with van der Waals surface area (Å²) < 4.78 is 71.5. The van der Waals surface area contributed by atoms with E-state index in [9.17, 15) is 26.4 Å². The minimum atomic E-state index is -4.79. The van der Waals surface area contributed by atoms with Crippen molar-refractivity contribution in [2.75, 3.05) is 32.8 Å². The first-order valence-electron chi connectivity index (χ1n) is 8.92. The maximum atomic E-state index is 13.2. The Bertz CT molecular complexity index is 1020. The maximum Gasteiger partial charge on any atom is 0.417 e. The van der Waals surface area contributed by atoms with Crippen LogP contribution in [0.1, 0.15) is 5.56 Å². The van der Waals surface area contributed by atoms with Crippen LogP contribution in [0.5, 0.6) is 5.75 Å². The number of carbonyl (C=O) groups excluding carboxylic acids is 1. The number of halogens is 4. The molecule has 1 amide bonds. The van der Waals surface area contributed by atoms with Crippen LogP contribution in [0.4, 0.5) is 13.2 Å². The minimum absolute atomic E-state index is 0.0398. The first kappa shape index (κ1) is 22.4. The molecule has 1 aliphatic heterocycles. The zero-order valence-electron chi connectivity index (χ0n) is 15.6. The van der Waals surface area contributed by atoms with Crippen LogP contribution in [0.25, 0.3) is 0 Å². The summed E-state index contributed by atoms with van der Waals surface area (Å²) in [5.41, 5.74) is -1.21. The van der Waals surface area contributed by atoms with Crippen LogP contribution in [-0.4, -0.2) is 56.3 Å². The number of hydrogen-bond donors (Lipinski definition) is 0. The number of rotatable bonds is 5. The number of carbonyl (C=O) groups is 1. The quantitative estimate of drug-likeness (QED) is 0.684. The largest absolute Gasteiger partial charge is 0.482 e. The number of amides is 1. The highest BCUT2D eigenvalue weighted by molar-refractivity contribution is 7.89. The van der Waals surface area contributed by atoms with Crippen LogP contribution in [0.2, 0.25) is 5.02 Å². The van der Waals surface area contributed by atoms with Crippen molar-refractivity contribution in [3.8, 4) is 5.75 Å². The van der Waals surface area contributed by atoms with E-state index in [0.29, 0.717) is 10.8 Å². The summed E-state index contributed by atoms with van der Waals surface area (Å²) in [5.74, 6) is -0.0276. The van der Waals surface area contributed by atoms with Crippen LogP contribution < -0.4 is 4.74 Å². The molecule has 0 spiro atoms. The van der Waals surface area contributed by atoms with Gasteiger partial charge in [-0.05, 0) is 24.3 Å². The van der Waals surface area contributed by atoms with Crippen molar-refractivity contribution in [3.63, 3.8) is 0 Å². The van der Waals surface area contributed by atoms with Gasteiger partial charge in [0.1, 0.15) is 5.75 Å². The Balaban J connectivity index is 1.64. The number of piperazine rings is 1. The standard InChI is InChI=1S/C19H18ClF3N2O4S/c20-15-6-2-3-7-16(15)29-13-18(26)24-9-11-25(12-10-24)30(27,28)17-8-4-1-5-14(17)19(21,22)23/h1-8H,9-13H2. The highest BCUT2D eigenvalue weighted by Crippen LogP contribution is 2.35. The Morgan fingerprint density at radius 2 is 1.60 bits per heavy atom. The lowest BCUT2D eigenvalue weighted by Crippen LogP contribution is -2.51. The lowest BCUT2D eigenvalue weighted by molar-refractivity contribution is -0.139. The molecule has 0 unspecified atom stereocenters. The van der Waals surface area contributed by atoms with Crippen LogP contribution in [-0.2, 0) is 21.0 Å². The van der Waals surface area contributed by atoms with Gasteiger partial charge in [0.15, 0.2) is 6.61 Å². The molecule has 0 aliphatic carbocycles. The van der Waals surface area contributed by atoms with Crippen molar-refractivity contribution in [1.29, 1.82) is 0 Å². The van der Waals surface area contributed by atoms with Gasteiger partial charge in [-0.15, -0.1) is 0 Å². The number of alkyl halides is 3. The van der Waals surface area contributed by atoms with E-state index < -0.39 is 26.7 Å². The number of para-hydroxylation sites is 1. The zero-order chi connectivity index (χ0) is 21.9. The van der Waals surface area contributed by atoms with Crippen LogP contribution >= 0.6 is 11.6 Å². The van der Waals surface area contributed by atoms with Crippen LogP contribution in [0.15, 0.2) is 53.4 Å². The molecular formula is C19H18ClF3N2O4S. The second kappa shape index (κ2) is 8.83. The molecule has 0 radical (unpaired) electrons. The SMILES string of the molecule is O=C(COc1ccccc1Cl)N1CCN(S(=O)(=O)c2ccccc2C(F)(F)F)CC1. The smallest absolute Gasteiger partial charge is 0.417 e. The fraction of sp³-hybridized carbons (Fsp3) is 0.316. The zero-order valence-corrected chi connectivity index (χ0v) is 17.2. The predicted octanol–water partition coefficient (Wildman–Crippen LogP) is 3.27. The lowest BCUT2D eigenvalue weighted by Gasteiger charge is -2.34. The molecule has 3 rings (SSSR count). The third-order valence-electron chi connectivity index (χ3n) is 4.59. The van der Waals surface area contributed by atoms with Gasteiger partial charge in [-0.3, -0.25) is 4.79 Å². The average Bonchev–Trinajstić information content (AvgIpc) is 2.72. The van der Waals surface area contributed by atoms with Gasteiger partial charge in [0.2, 0.25) is 10.0 Å². The first-order chi connectivity index (χ1) is 14.1. The van der Waals surface area contributed by atoms with E-state index in [1.165, 1.54) is 11.0 Å². The molecule has 1 fully saturated rings. The maximum absolute atomic E-state index is 13.2. The molecule has 6 nitrogen and oxygen atoms in total. The second-order valence-electron chi connectivity index (χ2n) is 6.50. The number of hydrogen-bond acceptors (Lipinski definition) is 4. The van der Waals surface area contributed by atoms with Crippen molar-refractivity contribution in [3.05, 3.63) is 59.1 Å². The third-order valence-corrected chi connectivity index (χ3v) is 6.86. The summed E-state index contributed by atoms with van der Waals surface area (Å²) in [6, 6.07) is 10.7. The molecule has 0 saturated carbocycles. The van der Waals surface area contributed by atoms with Crippen molar-refractivity contribution < 1.29 is 31.1 Å². The van der Waals surface area contributed by atoms with Gasteiger partial charge >= 0.3 is 6.18 Å². The topological polar surface area (TPSA) is 66.9 Å². The van der Waals surface area contributed by atoms with Gasteiger partial charge in [0, 0.05) is 26.2 Å². The highest BCUT2D eigenvalue weighted by atomic mass is 35.5. The van der Waals surface area contributed by atoms with E-state index in [-0.39, 0.29) is 38.7 Å². The molecule has 11 heteroatoms. The summed E-state index contributed by atoms with van der Waals surface area (Å²) >= 11 is 5.96. The number of nitrogens with zero attached hydrogens (tertiary/aromatic N) is 2. The summed E-state index contributed by atoms with van der Waals surface area (Å²) in [5, 5.41) is 0.351. The molecule has 0 bridgehead atoms. The fourth-order valence-electron chi connectivity index (χ4n) is 3.04. The molecule has 0 atom stereocenters. The second-order valence-corrected chi connectivity index (χ2v) is 8.81. The fourth-order valence-corrected chi connectivity index (χ4v) is 4.86. The van der Waals surface area contributed by atoms with Gasteiger partial charge in [0.25, 0.3) is 5.91 Å². The van der Waals surface area contributed by atoms with Gasteiger partial charge in [-0.1, -0.05) is 35.9 Å². The highest BCUT2D eigenvalue weighted by Gasteiger charge is 2.39. The van der Waals surface area contributed by atoms with Crippen molar-refractivity contribution in [2.45, 2.75) is 11.1 Å². The van der Waals surface area contributed by atoms with E-state index in [0.717, 1.165) is 22.5 Å². The Morgan fingerprint density at radius 1 is 1.00 bits per heavy atom. The number of sulfonamides is 1. The van der Waals surface area contributed by atoms with Gasteiger partial charge < -0.3 is 9.64 Å². The Labute approximate surface area is 176 Å². The van der Waals surface area contributed by atoms with E-state index in [1.807, 2.05) is 0 Å². The predicted molar refractivity (Wildman–Crippen MR) is 104 cm³/mol. The van der Waals surface area contributed by atoms with E-state index in [1.54, 1.807) is 24.3 Å². The molecule has 30 heavy (non-hydrogen) atoms. The van der Waals surface area contributed by atoms with E-state index in [4.69, 9.17) is 16.3 Å². The molecule has 1 heterocycles. The molecule has 0 N–H and O–H groups in total. The van der Waals surface area contributed by atoms with E-state index in [2.05, 4.69) is 0 Å². The first-order valence-corrected chi connectivity index (χ1v) is 10.7. The third kappa shape index (κ3) is 4.88. The molecule has 162 valence electrons. The number of benzene rings is 2. The lowest BCUT2D eigenvalue weighted by atomic mass is 10.2. The average molecular weight is 463 g/mol. The molecule has 0 aromatic heterocycles. The van der Waals surface area contributed by atoms with Crippen LogP contribution in [0, 0.1) is 0 Å².